The highest BCUT2D eigenvalue weighted by Crippen LogP contribution is 1.96. The van der Waals surface area contributed by atoms with E-state index >= 15 is 0 Å². The van der Waals surface area contributed by atoms with Gasteiger partial charge in [-0.25, -0.2) is 4.99 Å². The number of hydrogen-bond acceptors (Lipinski definition) is 3. The Morgan fingerprint density at radius 1 is 1.38 bits per heavy atom. The SMILES string of the molecule is N=C(N)NC(CCCN)N=C(N)N. The highest BCUT2D eigenvalue weighted by atomic mass is 15.2. The molecule has 0 saturated carbocycles. The summed E-state index contributed by atoms with van der Waals surface area (Å²) in [6.07, 6.45) is 1.06. The molecule has 0 aromatic heterocycles. The van der Waals surface area contributed by atoms with Crippen LogP contribution in [0.1, 0.15) is 12.8 Å². The molecule has 0 fully saturated rings. The summed E-state index contributed by atoms with van der Waals surface area (Å²) in [6, 6.07) is 0. The van der Waals surface area contributed by atoms with E-state index in [4.69, 9.17) is 28.3 Å². The Kier molecular flexibility index (Phi) is 5.37. The number of guanidine groups is 2. The second-order valence-corrected chi connectivity index (χ2v) is 2.56. The predicted octanol–water partition coefficient (Wildman–Crippen LogP) is -2.19. The first kappa shape index (κ1) is 11.5. The smallest absolute Gasteiger partial charge is 0.188 e. The standard InChI is InChI=1S/C6H17N7/c7-3-1-2-4(12-5(8)9)13-6(10)11/h4H,1-3,7H2,(H4,8,9,12)(H4,10,11,13). The Hall–Kier alpha value is -1.50. The van der Waals surface area contributed by atoms with E-state index in [-0.39, 0.29) is 18.1 Å². The van der Waals surface area contributed by atoms with Crippen molar-refractivity contribution < 1.29 is 0 Å². The molecule has 0 amide bonds. The molecule has 7 nitrogen and oxygen atoms in total. The molecule has 76 valence electrons. The van der Waals surface area contributed by atoms with Gasteiger partial charge in [0.2, 0.25) is 0 Å². The van der Waals surface area contributed by atoms with Crippen LogP contribution in [-0.2, 0) is 0 Å². The lowest BCUT2D eigenvalue weighted by Gasteiger charge is -2.13. The quantitative estimate of drug-likeness (QED) is 0.213. The molecule has 0 aliphatic heterocycles. The maximum absolute atomic E-state index is 6.99. The first-order valence-corrected chi connectivity index (χ1v) is 3.95. The van der Waals surface area contributed by atoms with Gasteiger partial charge in [-0.15, -0.1) is 0 Å². The van der Waals surface area contributed by atoms with Crippen molar-refractivity contribution in [2.45, 2.75) is 19.0 Å². The van der Waals surface area contributed by atoms with E-state index in [9.17, 15) is 0 Å². The third kappa shape index (κ3) is 6.88. The molecule has 10 N–H and O–H groups in total. The van der Waals surface area contributed by atoms with Crippen LogP contribution >= 0.6 is 0 Å². The Bertz CT molecular complexity index is 183. The van der Waals surface area contributed by atoms with Crippen molar-refractivity contribution in [3.8, 4) is 0 Å². The van der Waals surface area contributed by atoms with Gasteiger partial charge in [0.25, 0.3) is 0 Å². The van der Waals surface area contributed by atoms with Crippen molar-refractivity contribution in [1.82, 2.24) is 5.32 Å². The average molecular weight is 187 g/mol. The fourth-order valence-electron chi connectivity index (χ4n) is 0.840. The van der Waals surface area contributed by atoms with E-state index in [2.05, 4.69) is 10.3 Å². The second-order valence-electron chi connectivity index (χ2n) is 2.56. The van der Waals surface area contributed by atoms with Gasteiger partial charge < -0.3 is 28.3 Å². The molecule has 13 heavy (non-hydrogen) atoms. The van der Waals surface area contributed by atoms with E-state index in [1.807, 2.05) is 0 Å². The minimum atomic E-state index is -0.356. The molecule has 0 rings (SSSR count). The highest BCUT2D eigenvalue weighted by Gasteiger charge is 2.05. The fraction of sp³-hybridized carbons (Fsp3) is 0.667. The Morgan fingerprint density at radius 3 is 2.38 bits per heavy atom. The van der Waals surface area contributed by atoms with Crippen molar-refractivity contribution in [3.05, 3.63) is 0 Å². The van der Waals surface area contributed by atoms with Gasteiger partial charge in [0.05, 0.1) is 0 Å². The number of nitrogens with two attached hydrogens (primary N) is 4. The molecule has 0 radical (unpaired) electrons. The largest absolute Gasteiger partial charge is 0.370 e. The van der Waals surface area contributed by atoms with Gasteiger partial charge in [-0.2, -0.15) is 0 Å². The monoisotopic (exact) mass is 187 g/mol. The molecular weight excluding hydrogens is 170 g/mol. The summed E-state index contributed by atoms with van der Waals surface area (Å²) in [5, 5.41) is 9.59. The second kappa shape index (κ2) is 6.06. The van der Waals surface area contributed by atoms with Crippen LogP contribution in [0.25, 0.3) is 0 Å². The summed E-state index contributed by atoms with van der Waals surface area (Å²) in [5.41, 5.74) is 20.8. The summed E-state index contributed by atoms with van der Waals surface area (Å²) in [4.78, 5) is 3.84. The Labute approximate surface area is 77.1 Å². The number of nitrogens with zero attached hydrogens (tertiary/aromatic N) is 1. The predicted molar refractivity (Wildman–Crippen MR) is 52.9 cm³/mol. The molecule has 0 aromatic carbocycles. The summed E-state index contributed by atoms with van der Waals surface area (Å²) in [7, 11) is 0. The van der Waals surface area contributed by atoms with Crippen LogP contribution in [-0.4, -0.2) is 24.6 Å². The van der Waals surface area contributed by atoms with E-state index < -0.39 is 0 Å². The van der Waals surface area contributed by atoms with Gasteiger partial charge in [0, 0.05) is 0 Å². The van der Waals surface area contributed by atoms with E-state index in [0.29, 0.717) is 13.0 Å². The van der Waals surface area contributed by atoms with Crippen LogP contribution in [0, 0.1) is 5.41 Å². The number of aliphatic imine (C=N–C) groups is 1. The average Bonchev–Trinajstić information content (AvgIpc) is 1.98. The molecule has 0 spiro atoms. The summed E-state index contributed by atoms with van der Waals surface area (Å²) < 4.78 is 0. The van der Waals surface area contributed by atoms with Gasteiger partial charge >= 0.3 is 0 Å². The van der Waals surface area contributed by atoms with E-state index in [1.165, 1.54) is 0 Å². The molecular formula is C6H17N7. The molecule has 0 aliphatic carbocycles. The van der Waals surface area contributed by atoms with E-state index in [1.54, 1.807) is 0 Å². The zero-order valence-corrected chi connectivity index (χ0v) is 7.46. The minimum Gasteiger partial charge on any atom is -0.370 e. The van der Waals surface area contributed by atoms with Crippen molar-refractivity contribution in [3.63, 3.8) is 0 Å². The molecule has 0 aliphatic rings. The van der Waals surface area contributed by atoms with Crippen LogP contribution in [0.3, 0.4) is 0 Å². The first-order chi connectivity index (χ1) is 6.06. The molecule has 0 bridgehead atoms. The Morgan fingerprint density at radius 2 is 2.00 bits per heavy atom. The van der Waals surface area contributed by atoms with Crippen molar-refractivity contribution in [1.29, 1.82) is 5.41 Å². The zero-order valence-electron chi connectivity index (χ0n) is 7.46. The van der Waals surface area contributed by atoms with Crippen LogP contribution in [0.4, 0.5) is 0 Å². The molecule has 0 saturated heterocycles. The maximum atomic E-state index is 6.99. The lowest BCUT2D eigenvalue weighted by atomic mass is 10.2. The summed E-state index contributed by atoms with van der Waals surface area (Å²) in [5.74, 6) is -0.192. The van der Waals surface area contributed by atoms with Crippen molar-refractivity contribution in [2.24, 2.45) is 27.9 Å². The number of rotatable bonds is 5. The molecule has 0 aromatic rings. The Balaban J connectivity index is 4.03. The van der Waals surface area contributed by atoms with Crippen molar-refractivity contribution >= 4 is 11.9 Å². The first-order valence-electron chi connectivity index (χ1n) is 3.95. The topological polar surface area (TPSA) is 152 Å². The van der Waals surface area contributed by atoms with Crippen LogP contribution in [0.2, 0.25) is 0 Å². The van der Waals surface area contributed by atoms with Gasteiger partial charge in [0.1, 0.15) is 6.17 Å². The maximum Gasteiger partial charge on any atom is 0.188 e. The van der Waals surface area contributed by atoms with Gasteiger partial charge in [-0.3, -0.25) is 5.41 Å². The summed E-state index contributed by atoms with van der Waals surface area (Å²) in [6.45, 7) is 0.552. The van der Waals surface area contributed by atoms with Gasteiger partial charge in [-0.1, -0.05) is 0 Å². The lowest BCUT2D eigenvalue weighted by molar-refractivity contribution is 0.558. The zero-order chi connectivity index (χ0) is 10.3. The highest BCUT2D eigenvalue weighted by molar-refractivity contribution is 5.77. The van der Waals surface area contributed by atoms with Crippen LogP contribution < -0.4 is 28.3 Å². The lowest BCUT2D eigenvalue weighted by Crippen LogP contribution is -2.40. The van der Waals surface area contributed by atoms with Crippen LogP contribution in [0.5, 0.6) is 0 Å². The molecule has 0 heterocycles. The third-order valence-corrected chi connectivity index (χ3v) is 1.31. The minimum absolute atomic E-state index is 0.0317. The van der Waals surface area contributed by atoms with Crippen molar-refractivity contribution in [2.75, 3.05) is 6.54 Å². The molecule has 1 unspecified atom stereocenters. The van der Waals surface area contributed by atoms with Gasteiger partial charge in [0.15, 0.2) is 11.9 Å². The fourth-order valence-corrected chi connectivity index (χ4v) is 0.840. The molecule has 7 heteroatoms. The summed E-state index contributed by atoms with van der Waals surface area (Å²) >= 11 is 0. The number of hydrogen-bond donors (Lipinski definition) is 6. The normalized spacial score (nSPS) is 11.8. The third-order valence-electron chi connectivity index (χ3n) is 1.31. The van der Waals surface area contributed by atoms with Crippen LogP contribution in [0.15, 0.2) is 4.99 Å². The van der Waals surface area contributed by atoms with Gasteiger partial charge in [-0.05, 0) is 19.4 Å². The van der Waals surface area contributed by atoms with E-state index in [0.717, 1.165) is 6.42 Å². The molecule has 1 atom stereocenters. The number of nitrogens with one attached hydrogen (secondary N) is 2.